The summed E-state index contributed by atoms with van der Waals surface area (Å²) < 4.78 is 2.28. The number of pyridine rings is 1. The van der Waals surface area contributed by atoms with Crippen molar-refractivity contribution in [2.24, 2.45) is 0 Å². The minimum Gasteiger partial charge on any atom is -0.205 e. The summed E-state index contributed by atoms with van der Waals surface area (Å²) in [5.41, 5.74) is 0. The van der Waals surface area contributed by atoms with Gasteiger partial charge < -0.3 is 0 Å². The summed E-state index contributed by atoms with van der Waals surface area (Å²) in [6.45, 7) is 1.17. The predicted octanol–water partition coefficient (Wildman–Crippen LogP) is 4.41. The minimum atomic E-state index is 1.05. The van der Waals surface area contributed by atoms with E-state index in [0.717, 1.165) is 5.75 Å². The third-order valence-electron chi connectivity index (χ3n) is 3.35. The van der Waals surface area contributed by atoms with Gasteiger partial charge in [-0.1, -0.05) is 44.6 Å². The normalized spacial score (nSPS) is 10.7. The highest BCUT2D eigenvalue weighted by Crippen LogP contribution is 2.09. The second kappa shape index (κ2) is 11.6. The number of aryl methyl sites for hydroxylation is 1. The van der Waals surface area contributed by atoms with Crippen molar-refractivity contribution in [3.05, 3.63) is 30.6 Å². The molecule has 0 unspecified atom stereocenters. The third-order valence-corrected chi connectivity index (χ3v) is 3.67. The molecule has 1 heterocycles. The number of rotatable bonds is 11. The van der Waals surface area contributed by atoms with Crippen LogP contribution in [0.2, 0.25) is 0 Å². The average molecular weight is 266 g/mol. The molecular formula is C16H28NS+. The maximum Gasteiger partial charge on any atom is 0.168 e. The molecule has 2 heteroatoms. The number of unbranched alkanes of at least 4 members (excludes halogenated alkanes) is 8. The molecule has 0 atom stereocenters. The highest BCUT2D eigenvalue weighted by atomic mass is 32.1. The van der Waals surface area contributed by atoms with E-state index in [4.69, 9.17) is 0 Å². The molecule has 102 valence electrons. The van der Waals surface area contributed by atoms with Crippen LogP contribution in [0.15, 0.2) is 30.6 Å². The smallest absolute Gasteiger partial charge is 0.168 e. The molecule has 1 nitrogen and oxygen atoms in total. The lowest BCUT2D eigenvalue weighted by molar-refractivity contribution is -0.697. The first-order chi connectivity index (χ1) is 8.93. The Morgan fingerprint density at radius 3 is 1.67 bits per heavy atom. The maximum absolute atomic E-state index is 4.23. The van der Waals surface area contributed by atoms with Crippen LogP contribution in [0, 0.1) is 0 Å². The molecular weight excluding hydrogens is 238 g/mol. The third kappa shape index (κ3) is 8.57. The standard InChI is InChI=1S/C16H27NS/c18-16-12-7-5-3-1-2-4-6-9-13-17-14-10-8-11-15-17/h8,10-11,14-15H,1-7,9,12-13,16H2/p+1. The Labute approximate surface area is 118 Å². The summed E-state index contributed by atoms with van der Waals surface area (Å²) in [7, 11) is 0. The molecule has 18 heavy (non-hydrogen) atoms. The van der Waals surface area contributed by atoms with Gasteiger partial charge in [-0.25, -0.2) is 4.57 Å². The van der Waals surface area contributed by atoms with Crippen molar-refractivity contribution in [3.63, 3.8) is 0 Å². The molecule has 0 amide bonds. The molecule has 0 radical (unpaired) electrons. The van der Waals surface area contributed by atoms with Gasteiger partial charge in [0.25, 0.3) is 0 Å². The molecule has 0 aliphatic carbocycles. The van der Waals surface area contributed by atoms with Gasteiger partial charge in [-0.05, 0) is 18.6 Å². The Morgan fingerprint density at radius 1 is 0.611 bits per heavy atom. The van der Waals surface area contributed by atoms with Crippen LogP contribution >= 0.6 is 12.6 Å². The summed E-state index contributed by atoms with van der Waals surface area (Å²) in [6, 6.07) is 6.28. The summed E-state index contributed by atoms with van der Waals surface area (Å²) >= 11 is 4.23. The van der Waals surface area contributed by atoms with Gasteiger partial charge in [0.2, 0.25) is 0 Å². The van der Waals surface area contributed by atoms with Crippen molar-refractivity contribution in [2.45, 2.75) is 64.3 Å². The molecule has 0 aromatic carbocycles. The van der Waals surface area contributed by atoms with Crippen LogP contribution < -0.4 is 4.57 Å². The Kier molecular flexibility index (Phi) is 10.0. The first-order valence-electron chi connectivity index (χ1n) is 7.48. The van der Waals surface area contributed by atoms with Gasteiger partial charge in [0.05, 0.1) is 0 Å². The van der Waals surface area contributed by atoms with E-state index in [1.165, 1.54) is 64.3 Å². The number of hydrogen-bond donors (Lipinski definition) is 1. The van der Waals surface area contributed by atoms with Crippen molar-refractivity contribution in [3.8, 4) is 0 Å². The average Bonchev–Trinajstić information content (AvgIpc) is 2.42. The molecule has 0 saturated carbocycles. The van der Waals surface area contributed by atoms with Crippen LogP contribution in [0.25, 0.3) is 0 Å². The molecule has 0 bridgehead atoms. The van der Waals surface area contributed by atoms with E-state index in [9.17, 15) is 0 Å². The van der Waals surface area contributed by atoms with Gasteiger partial charge in [-0.3, -0.25) is 0 Å². The predicted molar refractivity (Wildman–Crippen MR) is 82.0 cm³/mol. The zero-order chi connectivity index (χ0) is 12.9. The summed E-state index contributed by atoms with van der Waals surface area (Å²) in [4.78, 5) is 0. The molecule has 0 fully saturated rings. The van der Waals surface area contributed by atoms with Gasteiger partial charge in [-0.15, -0.1) is 0 Å². The van der Waals surface area contributed by atoms with Crippen LogP contribution in [0.5, 0.6) is 0 Å². The van der Waals surface area contributed by atoms with Gasteiger partial charge in [0.1, 0.15) is 6.54 Å². The number of nitrogens with zero attached hydrogens (tertiary/aromatic N) is 1. The van der Waals surface area contributed by atoms with E-state index >= 15 is 0 Å². The second-order valence-electron chi connectivity index (χ2n) is 5.02. The fourth-order valence-electron chi connectivity index (χ4n) is 2.23. The maximum atomic E-state index is 4.23. The lowest BCUT2D eigenvalue weighted by atomic mass is 10.1. The highest BCUT2D eigenvalue weighted by Gasteiger charge is 1.97. The Bertz CT molecular complexity index is 274. The van der Waals surface area contributed by atoms with Crippen LogP contribution in [-0.2, 0) is 6.54 Å². The van der Waals surface area contributed by atoms with Crippen molar-refractivity contribution in [1.29, 1.82) is 0 Å². The zero-order valence-electron chi connectivity index (χ0n) is 11.6. The lowest BCUT2D eigenvalue weighted by Gasteiger charge is -2.01. The fourth-order valence-corrected chi connectivity index (χ4v) is 2.45. The first kappa shape index (κ1) is 15.6. The van der Waals surface area contributed by atoms with Crippen LogP contribution in [0.4, 0.5) is 0 Å². The largest absolute Gasteiger partial charge is 0.205 e. The Balaban J connectivity index is 1.82. The molecule has 0 saturated heterocycles. The van der Waals surface area contributed by atoms with Gasteiger partial charge >= 0.3 is 0 Å². The van der Waals surface area contributed by atoms with E-state index < -0.39 is 0 Å². The molecule has 0 aliphatic rings. The highest BCUT2D eigenvalue weighted by molar-refractivity contribution is 7.80. The minimum absolute atomic E-state index is 1.05. The molecule has 0 N–H and O–H groups in total. The molecule has 1 rings (SSSR count). The van der Waals surface area contributed by atoms with Crippen LogP contribution in [-0.4, -0.2) is 5.75 Å². The van der Waals surface area contributed by atoms with Gasteiger partial charge in [0, 0.05) is 18.6 Å². The Morgan fingerprint density at radius 2 is 1.11 bits per heavy atom. The van der Waals surface area contributed by atoms with Crippen LogP contribution in [0.1, 0.15) is 57.8 Å². The molecule has 1 aromatic heterocycles. The lowest BCUT2D eigenvalue weighted by Crippen LogP contribution is -2.32. The summed E-state index contributed by atoms with van der Waals surface area (Å²) in [6.07, 6.45) is 16.7. The molecule has 0 spiro atoms. The quantitative estimate of drug-likeness (QED) is 0.343. The second-order valence-corrected chi connectivity index (χ2v) is 5.47. The zero-order valence-corrected chi connectivity index (χ0v) is 12.5. The van der Waals surface area contributed by atoms with E-state index in [1.54, 1.807) is 0 Å². The number of aromatic nitrogens is 1. The SMILES string of the molecule is SCCCCCCCCCCC[n+]1ccccc1. The first-order valence-corrected chi connectivity index (χ1v) is 8.11. The monoisotopic (exact) mass is 266 g/mol. The molecule has 1 aromatic rings. The topological polar surface area (TPSA) is 3.88 Å². The fraction of sp³-hybridized carbons (Fsp3) is 0.688. The van der Waals surface area contributed by atoms with E-state index in [0.29, 0.717) is 0 Å². The summed E-state index contributed by atoms with van der Waals surface area (Å²) in [5, 5.41) is 0. The van der Waals surface area contributed by atoms with E-state index in [-0.39, 0.29) is 0 Å². The van der Waals surface area contributed by atoms with E-state index in [2.05, 4.69) is 47.8 Å². The van der Waals surface area contributed by atoms with E-state index in [1.807, 2.05) is 0 Å². The molecule has 0 aliphatic heterocycles. The van der Waals surface area contributed by atoms with Crippen molar-refractivity contribution < 1.29 is 4.57 Å². The number of thiol groups is 1. The number of hydrogen-bond acceptors (Lipinski definition) is 1. The Hall–Kier alpha value is -0.500. The van der Waals surface area contributed by atoms with Crippen molar-refractivity contribution >= 4 is 12.6 Å². The van der Waals surface area contributed by atoms with Crippen molar-refractivity contribution in [1.82, 2.24) is 0 Å². The van der Waals surface area contributed by atoms with Crippen molar-refractivity contribution in [2.75, 3.05) is 5.75 Å². The van der Waals surface area contributed by atoms with Crippen LogP contribution in [0.3, 0.4) is 0 Å². The van der Waals surface area contributed by atoms with Gasteiger partial charge in [0.15, 0.2) is 12.4 Å². The van der Waals surface area contributed by atoms with Gasteiger partial charge in [-0.2, -0.15) is 12.6 Å². The summed E-state index contributed by atoms with van der Waals surface area (Å²) in [5.74, 6) is 1.05.